The molecule has 2 aliphatic rings. The second kappa shape index (κ2) is 10.2. The fourth-order valence-electron chi connectivity index (χ4n) is 5.55. The van der Waals surface area contributed by atoms with Gasteiger partial charge in [-0.3, -0.25) is 24.3 Å². The first-order valence-electron chi connectivity index (χ1n) is 13.1. The number of benzene rings is 2. The van der Waals surface area contributed by atoms with Gasteiger partial charge in [0.05, 0.1) is 17.8 Å². The number of hydrogen-bond donors (Lipinski definition) is 3. The molecule has 0 bridgehead atoms. The van der Waals surface area contributed by atoms with Crippen molar-refractivity contribution in [3.63, 3.8) is 0 Å². The van der Waals surface area contributed by atoms with E-state index in [-0.39, 0.29) is 23.1 Å². The van der Waals surface area contributed by atoms with E-state index in [4.69, 9.17) is 10.4 Å². The number of rotatable bonds is 7. The van der Waals surface area contributed by atoms with Crippen molar-refractivity contribution in [1.29, 1.82) is 5.41 Å². The lowest BCUT2D eigenvalue weighted by Gasteiger charge is -2.16. The van der Waals surface area contributed by atoms with Crippen molar-refractivity contribution in [2.24, 2.45) is 12.0 Å². The average Bonchev–Trinajstić information content (AvgIpc) is 3.55. The van der Waals surface area contributed by atoms with Gasteiger partial charge in [0.15, 0.2) is 0 Å². The summed E-state index contributed by atoms with van der Waals surface area (Å²) in [6.07, 6.45) is 4.89. The zero-order valence-electron chi connectivity index (χ0n) is 21.4. The molecule has 0 spiro atoms. The van der Waals surface area contributed by atoms with Gasteiger partial charge < -0.3 is 10.6 Å². The molecule has 0 radical (unpaired) electrons. The number of pyridine rings is 1. The Hall–Kier alpha value is -4.30. The van der Waals surface area contributed by atoms with E-state index in [1.165, 1.54) is 0 Å². The highest BCUT2D eigenvalue weighted by molar-refractivity contribution is 5.65. The maximum atomic E-state index is 13.6. The average molecular weight is 506 g/mol. The van der Waals surface area contributed by atoms with Crippen molar-refractivity contribution >= 4 is 11.4 Å². The van der Waals surface area contributed by atoms with Crippen molar-refractivity contribution in [3.05, 3.63) is 111 Å². The summed E-state index contributed by atoms with van der Waals surface area (Å²) in [5.74, 6) is 0. The highest BCUT2D eigenvalue weighted by Crippen LogP contribution is 2.32. The van der Waals surface area contributed by atoms with Gasteiger partial charge in [-0.05, 0) is 49.1 Å². The van der Waals surface area contributed by atoms with Crippen molar-refractivity contribution in [3.8, 4) is 11.3 Å². The Morgan fingerprint density at radius 1 is 1.03 bits per heavy atom. The third-order valence-corrected chi connectivity index (χ3v) is 7.48. The lowest BCUT2D eigenvalue weighted by Crippen LogP contribution is -2.59. The SMILES string of the molecule is Cn1c(=O)/c(=C(/CNCc2ccc(-c3ccccn3)cc2)Nc2ccccc2)c(=N)n2c1=N[C@@H]1CCC[C@@H]12. The van der Waals surface area contributed by atoms with Crippen molar-refractivity contribution in [1.82, 2.24) is 19.4 Å². The summed E-state index contributed by atoms with van der Waals surface area (Å²) in [6, 6.07) is 24.3. The van der Waals surface area contributed by atoms with E-state index in [1.807, 2.05) is 53.1 Å². The predicted molar refractivity (Wildman–Crippen MR) is 148 cm³/mol. The monoisotopic (exact) mass is 505 g/mol. The molecule has 192 valence electrons. The van der Waals surface area contributed by atoms with E-state index in [0.29, 0.717) is 29.6 Å². The second-order valence-electron chi connectivity index (χ2n) is 9.94. The van der Waals surface area contributed by atoms with Gasteiger partial charge >= 0.3 is 0 Å². The molecule has 8 nitrogen and oxygen atoms in total. The molecule has 2 atom stereocenters. The van der Waals surface area contributed by atoms with Gasteiger partial charge in [0.2, 0.25) is 5.62 Å². The Labute approximate surface area is 220 Å². The molecule has 3 heterocycles. The molecule has 2 aromatic heterocycles. The Kier molecular flexibility index (Phi) is 6.47. The van der Waals surface area contributed by atoms with Crippen LogP contribution in [0.25, 0.3) is 17.0 Å². The minimum atomic E-state index is -0.204. The highest BCUT2D eigenvalue weighted by Gasteiger charge is 2.34. The molecule has 3 N–H and O–H groups in total. The summed E-state index contributed by atoms with van der Waals surface area (Å²) in [5, 5.41) is 16.4. The normalized spacial score (nSPS) is 18.4. The number of nitrogens with zero attached hydrogens (tertiary/aromatic N) is 4. The Balaban J connectivity index is 1.33. The first-order chi connectivity index (χ1) is 18.6. The molecule has 8 heteroatoms. The van der Waals surface area contributed by atoms with Crippen LogP contribution in [-0.2, 0) is 13.6 Å². The van der Waals surface area contributed by atoms with Gasteiger partial charge in [0.1, 0.15) is 10.7 Å². The predicted octanol–water partition coefficient (Wildman–Crippen LogP) is 2.47. The van der Waals surface area contributed by atoms with E-state index >= 15 is 0 Å². The van der Waals surface area contributed by atoms with Crippen LogP contribution in [0.1, 0.15) is 30.9 Å². The van der Waals surface area contributed by atoms with Gasteiger partial charge in [-0.15, -0.1) is 0 Å². The van der Waals surface area contributed by atoms with Gasteiger partial charge in [0.25, 0.3) is 5.56 Å². The van der Waals surface area contributed by atoms with Crippen LogP contribution in [0.3, 0.4) is 0 Å². The molecule has 2 aromatic carbocycles. The molecule has 6 rings (SSSR count). The molecule has 4 aromatic rings. The summed E-state index contributed by atoms with van der Waals surface area (Å²) in [6.45, 7) is 1.02. The number of nitrogens with one attached hydrogen (secondary N) is 3. The fraction of sp³-hybridized carbons (Fsp3) is 0.267. The van der Waals surface area contributed by atoms with Crippen LogP contribution < -0.4 is 32.5 Å². The van der Waals surface area contributed by atoms with Gasteiger partial charge in [0, 0.05) is 43.3 Å². The summed E-state index contributed by atoms with van der Waals surface area (Å²) in [7, 11) is 1.76. The summed E-state index contributed by atoms with van der Waals surface area (Å²) < 4.78 is 3.58. The molecular formula is C30H31N7O. The summed E-state index contributed by atoms with van der Waals surface area (Å²) >= 11 is 0. The van der Waals surface area contributed by atoms with Crippen LogP contribution in [0.15, 0.2) is 88.8 Å². The number of aromatic nitrogens is 3. The lowest BCUT2D eigenvalue weighted by molar-refractivity contribution is 0.465. The first-order valence-corrected chi connectivity index (χ1v) is 13.1. The molecule has 0 unspecified atom stereocenters. The Morgan fingerprint density at radius 2 is 1.82 bits per heavy atom. The second-order valence-corrected chi connectivity index (χ2v) is 9.94. The summed E-state index contributed by atoms with van der Waals surface area (Å²) in [4.78, 5) is 22.8. The molecule has 0 amide bonds. The van der Waals surface area contributed by atoms with Crippen LogP contribution in [0.2, 0.25) is 0 Å². The maximum Gasteiger partial charge on any atom is 0.265 e. The van der Waals surface area contributed by atoms with Crippen LogP contribution >= 0.6 is 0 Å². The smallest absolute Gasteiger partial charge is 0.265 e. The lowest BCUT2D eigenvalue weighted by atomic mass is 10.1. The largest absolute Gasteiger partial charge is 0.357 e. The van der Waals surface area contributed by atoms with E-state index in [2.05, 4.69) is 39.9 Å². The van der Waals surface area contributed by atoms with E-state index in [0.717, 1.165) is 41.8 Å². The number of fused-ring (bicyclic) bond motifs is 3. The minimum Gasteiger partial charge on any atom is -0.357 e. The fourth-order valence-corrected chi connectivity index (χ4v) is 5.55. The van der Waals surface area contributed by atoms with Gasteiger partial charge in [-0.1, -0.05) is 48.5 Å². The molecule has 1 fully saturated rings. The number of anilines is 1. The third-order valence-electron chi connectivity index (χ3n) is 7.48. The standard InChI is InChI=1S/C30H31N7O/c1-36-29(38)27(28(31)37-26-12-7-11-24(26)35-30(36)37)25(34-22-8-3-2-4-9-22)19-32-18-20-13-15-21(16-14-20)23-10-5-6-17-33-23/h2-6,8-10,13-17,24,26,31-32,34H,7,11-12,18-19H2,1H3/b27-25-,31-28?/t24-,26+/m1/s1. The van der Waals surface area contributed by atoms with E-state index in [9.17, 15) is 4.79 Å². The number of para-hydroxylation sites is 1. The Morgan fingerprint density at radius 3 is 2.58 bits per heavy atom. The number of hydrogen-bond acceptors (Lipinski definition) is 6. The summed E-state index contributed by atoms with van der Waals surface area (Å²) in [5.41, 5.74) is 5.34. The molecule has 38 heavy (non-hydrogen) atoms. The Bertz CT molecular complexity index is 1690. The van der Waals surface area contributed by atoms with Gasteiger partial charge in [-0.25, -0.2) is 4.99 Å². The van der Waals surface area contributed by atoms with Crippen LogP contribution in [0, 0.1) is 5.41 Å². The van der Waals surface area contributed by atoms with Gasteiger partial charge in [-0.2, -0.15) is 0 Å². The maximum absolute atomic E-state index is 13.6. The zero-order valence-corrected chi connectivity index (χ0v) is 21.4. The highest BCUT2D eigenvalue weighted by atomic mass is 16.1. The topological polar surface area (TPSA) is 100 Å². The minimum absolute atomic E-state index is 0.159. The third kappa shape index (κ3) is 4.48. The van der Waals surface area contributed by atoms with Crippen molar-refractivity contribution < 1.29 is 0 Å². The molecular weight excluding hydrogens is 474 g/mol. The van der Waals surface area contributed by atoms with Crippen LogP contribution in [0.5, 0.6) is 0 Å². The quantitative estimate of drug-likeness (QED) is 0.359. The molecule has 1 aliphatic carbocycles. The molecule has 0 saturated heterocycles. The van der Waals surface area contributed by atoms with E-state index < -0.39 is 0 Å². The van der Waals surface area contributed by atoms with Crippen molar-refractivity contribution in [2.75, 3.05) is 11.9 Å². The first kappa shape index (κ1) is 24.1. The van der Waals surface area contributed by atoms with Crippen LogP contribution in [0.4, 0.5) is 5.69 Å². The van der Waals surface area contributed by atoms with Crippen LogP contribution in [-0.4, -0.2) is 26.7 Å². The van der Waals surface area contributed by atoms with E-state index in [1.54, 1.807) is 17.8 Å². The zero-order chi connectivity index (χ0) is 26.1. The molecule has 1 aliphatic heterocycles. The van der Waals surface area contributed by atoms with Crippen molar-refractivity contribution in [2.45, 2.75) is 37.9 Å². The molecule has 1 saturated carbocycles.